The van der Waals surface area contributed by atoms with Crippen LogP contribution in [0.1, 0.15) is 42.1 Å². The van der Waals surface area contributed by atoms with E-state index in [1.165, 1.54) is 0 Å². The second kappa shape index (κ2) is 5.12. The minimum absolute atomic E-state index is 0.0855. The van der Waals surface area contributed by atoms with Crippen molar-refractivity contribution in [3.63, 3.8) is 0 Å². The van der Waals surface area contributed by atoms with Crippen LogP contribution in [0.3, 0.4) is 0 Å². The van der Waals surface area contributed by atoms with Gasteiger partial charge in [-0.3, -0.25) is 4.79 Å². The van der Waals surface area contributed by atoms with E-state index in [0.29, 0.717) is 18.3 Å². The fraction of sp³-hybridized carbons (Fsp3) is 0.438. The van der Waals surface area contributed by atoms with Crippen LogP contribution < -0.4 is 4.74 Å². The molecule has 6 heteroatoms. The summed E-state index contributed by atoms with van der Waals surface area (Å²) < 4.78 is 10.7. The highest BCUT2D eigenvalue weighted by Gasteiger charge is 2.39. The number of ether oxygens (including phenoxy) is 1. The Morgan fingerprint density at radius 2 is 2.23 bits per heavy atom. The van der Waals surface area contributed by atoms with Crippen LogP contribution in [0.5, 0.6) is 5.75 Å². The van der Waals surface area contributed by atoms with Crippen molar-refractivity contribution in [1.29, 1.82) is 0 Å². The van der Waals surface area contributed by atoms with Crippen LogP contribution in [-0.2, 0) is 4.79 Å². The van der Waals surface area contributed by atoms with E-state index in [0.717, 1.165) is 30.7 Å². The van der Waals surface area contributed by atoms with Gasteiger partial charge in [0.2, 0.25) is 11.8 Å². The van der Waals surface area contributed by atoms with E-state index >= 15 is 0 Å². The predicted molar refractivity (Wildman–Crippen MR) is 77.4 cm³/mol. The zero-order valence-electron chi connectivity index (χ0n) is 12.4. The van der Waals surface area contributed by atoms with Gasteiger partial charge in [0.25, 0.3) is 0 Å². The molecule has 1 fully saturated rings. The first-order valence-corrected chi connectivity index (χ1v) is 7.56. The van der Waals surface area contributed by atoms with Gasteiger partial charge in [0.05, 0.1) is 6.04 Å². The number of benzene rings is 1. The first-order valence-electron chi connectivity index (χ1n) is 7.56. The molecule has 6 nitrogen and oxygen atoms in total. The molecule has 1 saturated heterocycles. The van der Waals surface area contributed by atoms with Crippen LogP contribution in [0.25, 0.3) is 0 Å². The van der Waals surface area contributed by atoms with E-state index in [-0.39, 0.29) is 17.9 Å². The summed E-state index contributed by atoms with van der Waals surface area (Å²) in [5.74, 6) is 1.81. The first kappa shape index (κ1) is 13.3. The van der Waals surface area contributed by atoms with Gasteiger partial charge in [-0.25, -0.2) is 0 Å². The molecule has 0 radical (unpaired) electrons. The number of para-hydroxylation sites is 1. The Morgan fingerprint density at radius 1 is 1.36 bits per heavy atom. The van der Waals surface area contributed by atoms with Crippen LogP contribution >= 0.6 is 0 Å². The molecule has 1 aromatic heterocycles. The molecule has 3 heterocycles. The molecule has 0 N–H and O–H groups in total. The fourth-order valence-corrected chi connectivity index (χ4v) is 3.32. The summed E-state index contributed by atoms with van der Waals surface area (Å²) in [6.45, 7) is 2.90. The third-order valence-corrected chi connectivity index (χ3v) is 4.38. The van der Waals surface area contributed by atoms with Crippen molar-refractivity contribution >= 4 is 5.91 Å². The van der Waals surface area contributed by atoms with Gasteiger partial charge in [0, 0.05) is 19.0 Å². The summed E-state index contributed by atoms with van der Waals surface area (Å²) in [5, 5.41) is 3.99. The van der Waals surface area contributed by atoms with E-state index in [1.807, 2.05) is 29.2 Å². The minimum Gasteiger partial charge on any atom is -0.492 e. The van der Waals surface area contributed by atoms with Gasteiger partial charge in [0.15, 0.2) is 5.82 Å². The predicted octanol–water partition coefficient (Wildman–Crippen LogP) is 2.22. The lowest BCUT2D eigenvalue weighted by molar-refractivity contribution is -0.134. The van der Waals surface area contributed by atoms with Crippen molar-refractivity contribution in [3.8, 4) is 5.75 Å². The number of likely N-dealkylation sites (tertiary alicyclic amines) is 1. The zero-order valence-corrected chi connectivity index (χ0v) is 12.4. The molecule has 22 heavy (non-hydrogen) atoms. The summed E-state index contributed by atoms with van der Waals surface area (Å²) in [7, 11) is 0. The molecule has 1 amide bonds. The second-order valence-corrected chi connectivity index (χ2v) is 5.76. The second-order valence-electron chi connectivity index (χ2n) is 5.76. The SMILES string of the molecule is Cc1nc([C@@H]2CCCN2C(=O)[C@H]2COc3ccccc32)no1. The summed E-state index contributed by atoms with van der Waals surface area (Å²) >= 11 is 0. The molecular weight excluding hydrogens is 282 g/mol. The van der Waals surface area contributed by atoms with Gasteiger partial charge in [-0.1, -0.05) is 23.4 Å². The highest BCUT2D eigenvalue weighted by molar-refractivity contribution is 5.86. The number of hydrogen-bond acceptors (Lipinski definition) is 5. The molecule has 0 unspecified atom stereocenters. The molecule has 2 aromatic rings. The molecule has 1 aromatic carbocycles. The average Bonchev–Trinajstić information content (AvgIpc) is 3.25. The van der Waals surface area contributed by atoms with Gasteiger partial charge in [-0.15, -0.1) is 0 Å². The molecular formula is C16H17N3O3. The Balaban J connectivity index is 1.60. The van der Waals surface area contributed by atoms with E-state index < -0.39 is 0 Å². The molecule has 0 spiro atoms. The third kappa shape index (κ3) is 2.06. The number of rotatable bonds is 2. The number of carbonyl (C=O) groups is 1. The molecule has 114 valence electrons. The molecule has 2 aliphatic heterocycles. The number of aromatic nitrogens is 2. The monoisotopic (exact) mass is 299 g/mol. The van der Waals surface area contributed by atoms with Crippen molar-refractivity contribution in [2.75, 3.05) is 13.2 Å². The van der Waals surface area contributed by atoms with Crippen LogP contribution in [0, 0.1) is 6.92 Å². The van der Waals surface area contributed by atoms with Gasteiger partial charge in [-0.05, 0) is 18.9 Å². The number of hydrogen-bond donors (Lipinski definition) is 0. The van der Waals surface area contributed by atoms with Gasteiger partial charge in [0.1, 0.15) is 18.3 Å². The molecule has 0 saturated carbocycles. The summed E-state index contributed by atoms with van der Waals surface area (Å²) in [6.07, 6.45) is 1.83. The van der Waals surface area contributed by atoms with Crippen LogP contribution in [0.4, 0.5) is 0 Å². The number of fused-ring (bicyclic) bond motifs is 1. The van der Waals surface area contributed by atoms with Crippen molar-refractivity contribution in [1.82, 2.24) is 15.0 Å². The minimum atomic E-state index is -0.232. The van der Waals surface area contributed by atoms with Crippen molar-refractivity contribution in [3.05, 3.63) is 41.5 Å². The summed E-state index contributed by atoms with van der Waals surface area (Å²) in [6, 6.07) is 7.66. The fourth-order valence-electron chi connectivity index (χ4n) is 3.32. The van der Waals surface area contributed by atoms with Gasteiger partial charge >= 0.3 is 0 Å². The summed E-state index contributed by atoms with van der Waals surface area (Å²) in [4.78, 5) is 19.1. The first-order chi connectivity index (χ1) is 10.7. The number of carbonyl (C=O) groups excluding carboxylic acids is 1. The highest BCUT2D eigenvalue weighted by atomic mass is 16.5. The molecule has 4 rings (SSSR count). The van der Waals surface area contributed by atoms with Crippen molar-refractivity contribution < 1.29 is 14.1 Å². The Morgan fingerprint density at radius 3 is 3.05 bits per heavy atom. The van der Waals surface area contributed by atoms with Gasteiger partial charge < -0.3 is 14.2 Å². The van der Waals surface area contributed by atoms with Crippen molar-refractivity contribution in [2.24, 2.45) is 0 Å². The highest BCUT2D eigenvalue weighted by Crippen LogP contribution is 2.38. The molecule has 0 aliphatic carbocycles. The molecule has 2 aliphatic rings. The Bertz CT molecular complexity index is 712. The molecule has 0 bridgehead atoms. The number of aryl methyl sites for hydroxylation is 1. The maximum atomic E-state index is 13.0. The van der Waals surface area contributed by atoms with E-state index in [2.05, 4.69) is 10.1 Å². The summed E-state index contributed by atoms with van der Waals surface area (Å²) in [5.41, 5.74) is 0.974. The quantitative estimate of drug-likeness (QED) is 0.850. The smallest absolute Gasteiger partial charge is 0.234 e. The average molecular weight is 299 g/mol. The Hall–Kier alpha value is -2.37. The largest absolute Gasteiger partial charge is 0.492 e. The number of amides is 1. The lowest BCUT2D eigenvalue weighted by atomic mass is 9.99. The van der Waals surface area contributed by atoms with E-state index in [4.69, 9.17) is 9.26 Å². The van der Waals surface area contributed by atoms with Crippen LogP contribution in [-0.4, -0.2) is 34.1 Å². The Labute approximate surface area is 128 Å². The Kier molecular flexibility index (Phi) is 3.10. The maximum Gasteiger partial charge on any atom is 0.234 e. The third-order valence-electron chi connectivity index (χ3n) is 4.38. The standard InChI is InChI=1S/C16H17N3O3/c1-10-17-15(18-22-10)13-6-4-8-19(13)16(20)12-9-21-14-7-3-2-5-11(12)14/h2-3,5,7,12-13H,4,6,8-9H2,1H3/t12-,13-/m0/s1. The maximum absolute atomic E-state index is 13.0. The van der Waals surface area contributed by atoms with Gasteiger partial charge in [-0.2, -0.15) is 4.98 Å². The zero-order chi connectivity index (χ0) is 15.1. The lowest BCUT2D eigenvalue weighted by Gasteiger charge is -2.25. The normalized spacial score (nSPS) is 23.4. The van der Waals surface area contributed by atoms with E-state index in [1.54, 1.807) is 6.92 Å². The van der Waals surface area contributed by atoms with Crippen LogP contribution in [0.2, 0.25) is 0 Å². The molecule has 2 atom stereocenters. The van der Waals surface area contributed by atoms with E-state index in [9.17, 15) is 4.79 Å². The lowest BCUT2D eigenvalue weighted by Crippen LogP contribution is -2.35. The topological polar surface area (TPSA) is 68.5 Å². The van der Waals surface area contributed by atoms with Crippen LogP contribution in [0.15, 0.2) is 28.8 Å². The van der Waals surface area contributed by atoms with Crippen molar-refractivity contribution in [2.45, 2.75) is 31.7 Å². The number of nitrogens with zero attached hydrogens (tertiary/aromatic N) is 3.